The minimum Gasteiger partial charge on any atom is -0.457 e. The molecule has 7 heteroatoms. The van der Waals surface area contributed by atoms with Crippen LogP contribution in [-0.4, -0.2) is 16.7 Å². The number of rotatable bonds is 4. The number of non-ortho nitro benzene ring substituents is 1. The van der Waals surface area contributed by atoms with Gasteiger partial charge in [-0.05, 0) is 67.4 Å². The van der Waals surface area contributed by atoms with Gasteiger partial charge in [0.25, 0.3) is 17.5 Å². The molecule has 0 saturated heterocycles. The Labute approximate surface area is 189 Å². The van der Waals surface area contributed by atoms with E-state index in [1.165, 1.54) is 12.1 Å². The molecule has 4 aromatic rings. The van der Waals surface area contributed by atoms with Crippen molar-refractivity contribution < 1.29 is 19.2 Å². The molecule has 2 amide bonds. The lowest BCUT2D eigenvalue weighted by Crippen LogP contribution is -2.40. The first-order chi connectivity index (χ1) is 15.8. The number of carbonyl (C=O) groups is 2. The number of aryl methyl sites for hydroxylation is 2. The SMILES string of the molecule is Cc1ccc(Oc2cccc(N3C(=O)c4cccc5c([N+](=O)[O-])ccc(c45)C3=O)c2)cc1C. The van der Waals surface area contributed by atoms with Crippen molar-refractivity contribution in [2.24, 2.45) is 0 Å². The number of amides is 2. The van der Waals surface area contributed by atoms with Crippen molar-refractivity contribution in [2.75, 3.05) is 4.90 Å². The predicted molar refractivity (Wildman–Crippen MR) is 124 cm³/mol. The highest BCUT2D eigenvalue weighted by atomic mass is 16.6. The molecule has 0 atom stereocenters. The summed E-state index contributed by atoms with van der Waals surface area (Å²) < 4.78 is 5.96. The fraction of sp³-hybridized carbons (Fsp3) is 0.0769. The summed E-state index contributed by atoms with van der Waals surface area (Å²) in [4.78, 5) is 38.7. The molecule has 0 fully saturated rings. The van der Waals surface area contributed by atoms with Gasteiger partial charge in [0, 0.05) is 28.6 Å². The highest BCUT2D eigenvalue weighted by Crippen LogP contribution is 2.37. The van der Waals surface area contributed by atoms with E-state index in [-0.39, 0.29) is 22.2 Å². The molecule has 1 aliphatic heterocycles. The molecule has 5 rings (SSSR count). The molecule has 0 aliphatic carbocycles. The maximum absolute atomic E-state index is 13.3. The van der Waals surface area contributed by atoms with E-state index in [1.54, 1.807) is 42.5 Å². The van der Waals surface area contributed by atoms with E-state index in [4.69, 9.17) is 4.74 Å². The summed E-state index contributed by atoms with van der Waals surface area (Å²) in [5, 5.41) is 12.0. The van der Waals surface area contributed by atoms with Crippen LogP contribution in [0, 0.1) is 24.0 Å². The van der Waals surface area contributed by atoms with Gasteiger partial charge in [-0.1, -0.05) is 18.2 Å². The zero-order valence-electron chi connectivity index (χ0n) is 17.9. The minimum absolute atomic E-state index is 0.145. The fourth-order valence-electron chi connectivity index (χ4n) is 4.07. The molecule has 0 N–H and O–H groups in total. The lowest BCUT2D eigenvalue weighted by molar-refractivity contribution is -0.383. The molecule has 0 unspecified atom stereocenters. The number of nitrogens with zero attached hydrogens (tertiary/aromatic N) is 2. The second-order valence-electron chi connectivity index (χ2n) is 7.91. The Hall–Kier alpha value is -4.52. The van der Waals surface area contributed by atoms with Crippen molar-refractivity contribution >= 4 is 34.0 Å². The molecule has 0 bridgehead atoms. The van der Waals surface area contributed by atoms with E-state index >= 15 is 0 Å². The maximum atomic E-state index is 13.3. The van der Waals surface area contributed by atoms with E-state index in [2.05, 4.69) is 0 Å². The van der Waals surface area contributed by atoms with Crippen LogP contribution in [0.1, 0.15) is 31.8 Å². The summed E-state index contributed by atoms with van der Waals surface area (Å²) in [5.41, 5.74) is 2.93. The number of hydrogen-bond donors (Lipinski definition) is 0. The molecule has 7 nitrogen and oxygen atoms in total. The molecule has 4 aromatic carbocycles. The highest BCUT2D eigenvalue weighted by Gasteiger charge is 2.35. The number of ether oxygens (including phenoxy) is 1. The Morgan fingerprint density at radius 3 is 2.21 bits per heavy atom. The average Bonchev–Trinajstić information content (AvgIpc) is 2.80. The zero-order valence-corrected chi connectivity index (χ0v) is 17.9. The fourth-order valence-corrected chi connectivity index (χ4v) is 4.07. The van der Waals surface area contributed by atoms with Crippen LogP contribution in [0.25, 0.3) is 10.8 Å². The first-order valence-electron chi connectivity index (χ1n) is 10.3. The third kappa shape index (κ3) is 3.30. The van der Waals surface area contributed by atoms with Crippen LogP contribution in [0.15, 0.2) is 72.8 Å². The van der Waals surface area contributed by atoms with E-state index < -0.39 is 16.7 Å². The first kappa shape index (κ1) is 20.4. The Morgan fingerprint density at radius 1 is 0.788 bits per heavy atom. The Bertz CT molecular complexity index is 1470. The molecule has 0 saturated carbocycles. The zero-order chi connectivity index (χ0) is 23.3. The van der Waals surface area contributed by atoms with Crippen LogP contribution in [0.3, 0.4) is 0 Å². The summed E-state index contributed by atoms with van der Waals surface area (Å²) >= 11 is 0. The summed E-state index contributed by atoms with van der Waals surface area (Å²) in [6.07, 6.45) is 0. The third-order valence-electron chi connectivity index (χ3n) is 5.87. The Morgan fingerprint density at radius 2 is 1.48 bits per heavy atom. The van der Waals surface area contributed by atoms with Gasteiger partial charge in [-0.15, -0.1) is 0 Å². The number of benzene rings is 4. The summed E-state index contributed by atoms with van der Waals surface area (Å²) in [6, 6.07) is 19.9. The van der Waals surface area contributed by atoms with Crippen molar-refractivity contribution in [3.63, 3.8) is 0 Å². The van der Waals surface area contributed by atoms with Gasteiger partial charge < -0.3 is 4.74 Å². The first-order valence-corrected chi connectivity index (χ1v) is 10.3. The number of nitro benzene ring substituents is 1. The average molecular weight is 438 g/mol. The van der Waals surface area contributed by atoms with Crippen molar-refractivity contribution in [2.45, 2.75) is 13.8 Å². The van der Waals surface area contributed by atoms with Crippen molar-refractivity contribution in [3.05, 3.63) is 105 Å². The van der Waals surface area contributed by atoms with E-state index in [9.17, 15) is 19.7 Å². The van der Waals surface area contributed by atoms with Crippen LogP contribution in [-0.2, 0) is 0 Å². The van der Waals surface area contributed by atoms with Crippen molar-refractivity contribution in [1.82, 2.24) is 0 Å². The second-order valence-corrected chi connectivity index (χ2v) is 7.91. The molecule has 0 spiro atoms. The standard InChI is InChI=1S/C26H18N2O5/c1-15-9-10-19(13-16(15)2)33-18-6-3-5-17(14-18)27-25(29)21-8-4-7-20-23(28(31)32)12-11-22(24(20)21)26(27)30/h3-14H,1-2H3. The molecule has 0 radical (unpaired) electrons. The molecule has 0 aromatic heterocycles. The molecule has 1 aliphatic rings. The quantitative estimate of drug-likeness (QED) is 0.223. The van der Waals surface area contributed by atoms with Gasteiger partial charge in [-0.25, -0.2) is 4.90 Å². The molecular formula is C26H18N2O5. The smallest absolute Gasteiger partial charge is 0.277 e. The van der Waals surface area contributed by atoms with Gasteiger partial charge in [-0.2, -0.15) is 0 Å². The van der Waals surface area contributed by atoms with Crippen LogP contribution >= 0.6 is 0 Å². The van der Waals surface area contributed by atoms with Gasteiger partial charge in [0.1, 0.15) is 11.5 Å². The molecule has 1 heterocycles. The second kappa shape index (κ2) is 7.56. The molecular weight excluding hydrogens is 420 g/mol. The molecule has 33 heavy (non-hydrogen) atoms. The normalized spacial score (nSPS) is 12.8. The topological polar surface area (TPSA) is 89.8 Å². The van der Waals surface area contributed by atoms with Gasteiger partial charge in [-0.3, -0.25) is 19.7 Å². The maximum Gasteiger partial charge on any atom is 0.277 e. The van der Waals surface area contributed by atoms with Crippen LogP contribution in [0.5, 0.6) is 11.5 Å². The van der Waals surface area contributed by atoms with Crippen LogP contribution in [0.2, 0.25) is 0 Å². The van der Waals surface area contributed by atoms with E-state index in [0.717, 1.165) is 16.0 Å². The van der Waals surface area contributed by atoms with Crippen LogP contribution < -0.4 is 9.64 Å². The Balaban J connectivity index is 1.57. The highest BCUT2D eigenvalue weighted by molar-refractivity contribution is 6.36. The summed E-state index contributed by atoms with van der Waals surface area (Å²) in [5.74, 6) is 0.0434. The number of imide groups is 1. The number of carbonyl (C=O) groups excluding carboxylic acids is 2. The van der Waals surface area contributed by atoms with Crippen molar-refractivity contribution in [3.8, 4) is 11.5 Å². The lowest BCUT2D eigenvalue weighted by Gasteiger charge is -2.27. The lowest BCUT2D eigenvalue weighted by atomic mass is 9.93. The minimum atomic E-state index is -0.540. The van der Waals surface area contributed by atoms with E-state index in [0.29, 0.717) is 22.6 Å². The van der Waals surface area contributed by atoms with E-state index in [1.807, 2.05) is 32.0 Å². The Kier molecular flexibility index (Phi) is 4.67. The van der Waals surface area contributed by atoms with Crippen molar-refractivity contribution in [1.29, 1.82) is 0 Å². The number of anilines is 1. The number of nitro groups is 1. The summed E-state index contributed by atoms with van der Waals surface area (Å²) in [7, 11) is 0. The predicted octanol–water partition coefficient (Wildman–Crippen LogP) is 5.96. The number of hydrogen-bond acceptors (Lipinski definition) is 5. The monoisotopic (exact) mass is 438 g/mol. The van der Waals surface area contributed by atoms with Gasteiger partial charge >= 0.3 is 0 Å². The third-order valence-corrected chi connectivity index (χ3v) is 5.87. The van der Waals surface area contributed by atoms with Crippen LogP contribution in [0.4, 0.5) is 11.4 Å². The van der Waals surface area contributed by atoms with Gasteiger partial charge in [0.15, 0.2) is 0 Å². The summed E-state index contributed by atoms with van der Waals surface area (Å²) in [6.45, 7) is 4.01. The van der Waals surface area contributed by atoms with Gasteiger partial charge in [0.05, 0.1) is 16.0 Å². The van der Waals surface area contributed by atoms with Gasteiger partial charge in [0.2, 0.25) is 0 Å². The largest absolute Gasteiger partial charge is 0.457 e. The molecule has 162 valence electrons.